The van der Waals surface area contributed by atoms with Crippen molar-refractivity contribution in [1.29, 1.82) is 0 Å². The third kappa shape index (κ3) is 6.22. The molecular formula is C73H44B2N6OS. The molecule has 0 saturated heterocycles. The average Bonchev–Trinajstić information content (AvgIpc) is 2.61. The van der Waals surface area contributed by atoms with Crippen LogP contribution in [0.25, 0.3) is 65.1 Å². The Morgan fingerprint density at radius 3 is 1.41 bits per heavy atom. The average molecular weight is 1070 g/mol. The molecule has 384 valence electrons. The number of nitrogens with zero attached hydrogens (tertiary/aromatic N) is 6. The standard InChI is InChI=1S/C73H44B2N6OS/c1-4-20-45(21-5-1)77-62-35-19-14-30-55(62)74-57-42-56-63(43-67(57)82-68-41-49(40-66(77)71(68)74)80-60-33-17-12-28-52(60)53-29-13-18-34-61(53)80)78(46-22-6-2-7-23-46)64-38-48(79-58-31-15-10-26-50(58)51-27-11-16-32-59(51)79)39-65-70(64)75(56)73-72(54-44-76-37-36-69(54)83-73)81(65)47-24-8-3-9-25-47/h1-44H. The summed E-state index contributed by atoms with van der Waals surface area (Å²) in [5.74, 6) is 1.70. The molecule has 8 heterocycles. The van der Waals surface area contributed by atoms with Crippen molar-refractivity contribution in [3.63, 3.8) is 0 Å². The van der Waals surface area contributed by atoms with Crippen LogP contribution in [0, 0.1) is 0 Å². The fourth-order valence-electron chi connectivity index (χ4n) is 14.7. The summed E-state index contributed by atoms with van der Waals surface area (Å²) >= 11 is 1.89. The minimum Gasteiger partial charge on any atom is -0.458 e. The largest absolute Gasteiger partial charge is 0.458 e. The van der Waals surface area contributed by atoms with E-state index >= 15 is 0 Å². The van der Waals surface area contributed by atoms with Gasteiger partial charge in [0.1, 0.15) is 11.5 Å². The minimum absolute atomic E-state index is 0.155. The normalized spacial score (nSPS) is 13.5. The first-order valence-electron chi connectivity index (χ1n) is 28.4. The van der Waals surface area contributed by atoms with E-state index in [-0.39, 0.29) is 13.4 Å². The van der Waals surface area contributed by atoms with Crippen LogP contribution in [0.1, 0.15) is 0 Å². The van der Waals surface area contributed by atoms with Gasteiger partial charge in [0, 0.05) is 106 Å². The molecule has 0 spiro atoms. The SMILES string of the molecule is c1ccc(N2c3ccccc3B3c4cc5c(cc4Oc4cc(-n6c7ccccc7c7ccccc76)cc2c43)N(c2ccccc2)c2cc(-n3c4ccccc4c4ccccc43)cc3c2B5c2sc4ccncc4c2N3c2ccccc2)cc1. The first-order valence-corrected chi connectivity index (χ1v) is 29.2. The summed E-state index contributed by atoms with van der Waals surface area (Å²) in [5.41, 5.74) is 22.8. The van der Waals surface area contributed by atoms with Gasteiger partial charge in [0.2, 0.25) is 0 Å². The van der Waals surface area contributed by atoms with Gasteiger partial charge in [-0.05, 0) is 118 Å². The number of fused-ring (bicyclic) bond motifs is 16. The molecule has 0 N–H and O–H groups in total. The summed E-state index contributed by atoms with van der Waals surface area (Å²) in [6.07, 6.45) is 4.02. The molecule has 83 heavy (non-hydrogen) atoms. The zero-order valence-corrected chi connectivity index (χ0v) is 45.4. The van der Waals surface area contributed by atoms with Crippen LogP contribution in [0.3, 0.4) is 0 Å². The molecular weight excluding hydrogens is 1030 g/mol. The van der Waals surface area contributed by atoms with Gasteiger partial charge in [-0.25, -0.2) is 0 Å². The van der Waals surface area contributed by atoms with Gasteiger partial charge in [0.25, 0.3) is 13.4 Å². The van der Waals surface area contributed by atoms with Crippen LogP contribution in [-0.4, -0.2) is 27.5 Å². The van der Waals surface area contributed by atoms with E-state index in [9.17, 15) is 0 Å². The Morgan fingerprint density at radius 2 is 0.819 bits per heavy atom. The second-order valence-corrected chi connectivity index (χ2v) is 23.3. The molecule has 0 unspecified atom stereocenters. The van der Waals surface area contributed by atoms with Crippen molar-refractivity contribution >= 4 is 162 Å². The predicted molar refractivity (Wildman–Crippen MR) is 348 cm³/mol. The topological polar surface area (TPSA) is 41.7 Å². The van der Waals surface area contributed by atoms with E-state index in [0.29, 0.717) is 0 Å². The van der Waals surface area contributed by atoms with Crippen LogP contribution in [-0.2, 0) is 0 Å². The van der Waals surface area contributed by atoms with Crippen LogP contribution in [0.4, 0.5) is 51.2 Å². The Morgan fingerprint density at radius 1 is 0.337 bits per heavy atom. The predicted octanol–water partition coefficient (Wildman–Crippen LogP) is 15.0. The molecule has 4 aliphatic rings. The van der Waals surface area contributed by atoms with Crippen LogP contribution >= 0.6 is 11.3 Å². The van der Waals surface area contributed by atoms with Crippen molar-refractivity contribution in [2.45, 2.75) is 0 Å². The van der Waals surface area contributed by atoms with Crippen LogP contribution in [0.2, 0.25) is 0 Å². The molecule has 0 bridgehead atoms. The lowest BCUT2D eigenvalue weighted by Crippen LogP contribution is -2.64. The summed E-state index contributed by atoms with van der Waals surface area (Å²) in [6, 6.07) is 93.7. The first kappa shape index (κ1) is 45.2. The third-order valence-corrected chi connectivity index (χ3v) is 19.2. The highest BCUT2D eigenvalue weighted by molar-refractivity contribution is 7.33. The van der Waals surface area contributed by atoms with Gasteiger partial charge in [0.15, 0.2) is 0 Å². The molecule has 15 aromatic rings. The Labute approximate surface area is 482 Å². The van der Waals surface area contributed by atoms with E-state index in [1.165, 1.54) is 53.1 Å². The Bertz CT molecular complexity index is 5140. The maximum Gasteiger partial charge on any atom is 0.264 e. The number of rotatable bonds is 5. The van der Waals surface area contributed by atoms with Crippen molar-refractivity contribution < 1.29 is 4.74 Å². The lowest BCUT2D eigenvalue weighted by molar-refractivity contribution is 0.487. The van der Waals surface area contributed by atoms with Gasteiger partial charge in [-0.1, -0.05) is 152 Å². The summed E-state index contributed by atoms with van der Waals surface area (Å²) in [4.78, 5) is 12.4. The Hall–Kier alpha value is -10.5. The minimum atomic E-state index is -0.156. The van der Waals surface area contributed by atoms with Crippen molar-refractivity contribution in [3.8, 4) is 22.9 Å². The van der Waals surface area contributed by atoms with Crippen LogP contribution < -0.4 is 51.5 Å². The van der Waals surface area contributed by atoms with Gasteiger partial charge in [-0.3, -0.25) is 4.98 Å². The summed E-state index contributed by atoms with van der Waals surface area (Å²) in [5, 5.41) is 6.01. The highest BCUT2D eigenvalue weighted by atomic mass is 32.1. The van der Waals surface area contributed by atoms with Gasteiger partial charge in [-0.15, -0.1) is 11.3 Å². The summed E-state index contributed by atoms with van der Waals surface area (Å²) < 4.78 is 15.1. The lowest BCUT2D eigenvalue weighted by Gasteiger charge is -2.45. The molecule has 4 aliphatic heterocycles. The molecule has 0 aliphatic carbocycles. The molecule has 11 aromatic carbocycles. The molecule has 0 radical (unpaired) electrons. The molecule has 0 atom stereocenters. The highest BCUT2D eigenvalue weighted by Crippen LogP contribution is 2.51. The van der Waals surface area contributed by atoms with Crippen molar-refractivity contribution in [1.82, 2.24) is 14.1 Å². The second kappa shape index (κ2) is 17.0. The van der Waals surface area contributed by atoms with E-state index in [4.69, 9.17) is 9.72 Å². The maximum atomic E-state index is 7.72. The number of aromatic nitrogens is 3. The number of benzene rings is 11. The fourth-order valence-corrected chi connectivity index (χ4v) is 16.0. The molecule has 10 heteroatoms. The maximum absolute atomic E-state index is 7.72. The fraction of sp³-hybridized carbons (Fsp3) is 0. The number of hydrogen-bond acceptors (Lipinski definition) is 6. The van der Waals surface area contributed by atoms with Gasteiger partial charge in [0.05, 0.1) is 39.1 Å². The zero-order valence-electron chi connectivity index (χ0n) is 44.6. The van der Waals surface area contributed by atoms with Gasteiger partial charge in [-0.2, -0.15) is 0 Å². The highest BCUT2D eigenvalue weighted by Gasteiger charge is 2.49. The molecule has 4 aromatic heterocycles. The molecule has 0 amide bonds. The molecule has 7 nitrogen and oxygen atoms in total. The molecule has 19 rings (SSSR count). The smallest absolute Gasteiger partial charge is 0.264 e. The lowest BCUT2D eigenvalue weighted by atomic mass is 9.31. The second-order valence-electron chi connectivity index (χ2n) is 22.2. The molecule has 0 saturated carbocycles. The van der Waals surface area contributed by atoms with E-state index in [0.717, 1.165) is 107 Å². The van der Waals surface area contributed by atoms with Gasteiger partial charge < -0.3 is 28.6 Å². The first-order chi connectivity index (χ1) is 41.2. The van der Waals surface area contributed by atoms with E-state index in [2.05, 4.69) is 285 Å². The summed E-state index contributed by atoms with van der Waals surface area (Å²) in [6.45, 7) is -0.311. The number of hydrogen-bond donors (Lipinski definition) is 0. The van der Waals surface area contributed by atoms with Crippen LogP contribution in [0.5, 0.6) is 11.5 Å². The summed E-state index contributed by atoms with van der Waals surface area (Å²) in [7, 11) is 0. The quantitative estimate of drug-likeness (QED) is 0.161. The Kier molecular flexibility index (Phi) is 9.26. The Balaban J connectivity index is 0.923. The number of ether oxygens (including phenoxy) is 1. The number of anilines is 9. The van der Waals surface area contributed by atoms with E-state index in [1.54, 1.807) is 0 Å². The van der Waals surface area contributed by atoms with Crippen molar-refractivity contribution in [2.75, 3.05) is 14.7 Å². The number of para-hydroxylation sites is 8. The molecule has 0 fully saturated rings. The zero-order chi connectivity index (χ0) is 54.0. The van der Waals surface area contributed by atoms with Crippen LogP contribution in [0.15, 0.2) is 267 Å². The monoisotopic (exact) mass is 1070 g/mol. The van der Waals surface area contributed by atoms with Gasteiger partial charge >= 0.3 is 0 Å². The number of pyridine rings is 1. The van der Waals surface area contributed by atoms with Crippen molar-refractivity contribution in [3.05, 3.63) is 267 Å². The van der Waals surface area contributed by atoms with E-state index in [1.807, 2.05) is 17.5 Å². The third-order valence-electron chi connectivity index (χ3n) is 18.0. The van der Waals surface area contributed by atoms with Crippen molar-refractivity contribution in [2.24, 2.45) is 0 Å². The number of thiophene rings is 1. The van der Waals surface area contributed by atoms with E-state index < -0.39 is 0 Å².